The number of likely N-dealkylation sites (N-methyl/N-ethyl adjacent to an activating group) is 1. The Morgan fingerprint density at radius 1 is 1.00 bits per heavy atom. The fourth-order valence-corrected chi connectivity index (χ4v) is 4.91. The van der Waals surface area contributed by atoms with Crippen molar-refractivity contribution in [3.63, 3.8) is 0 Å². The van der Waals surface area contributed by atoms with Gasteiger partial charge in [0.15, 0.2) is 0 Å². The Bertz CT molecular complexity index is 1000. The number of ether oxygens (including phenoxy) is 1. The molecule has 7 heteroatoms. The molecule has 0 bridgehead atoms. The molecule has 0 aliphatic heterocycles. The van der Waals surface area contributed by atoms with Crippen LogP contribution in [0.2, 0.25) is 0 Å². The second kappa shape index (κ2) is 10.7. The van der Waals surface area contributed by atoms with Crippen molar-refractivity contribution in [2.75, 3.05) is 13.2 Å². The Hall–Kier alpha value is -3.35. The molecular formula is C27H34N2O5. The van der Waals surface area contributed by atoms with Crippen LogP contribution in [0.15, 0.2) is 48.5 Å². The second-order valence-electron chi connectivity index (χ2n) is 8.78. The van der Waals surface area contributed by atoms with Gasteiger partial charge in [0.25, 0.3) is 0 Å². The zero-order valence-electron chi connectivity index (χ0n) is 20.3. The summed E-state index contributed by atoms with van der Waals surface area (Å²) in [5.74, 6) is -1.33. The topological polar surface area (TPSA) is 95.9 Å². The highest BCUT2D eigenvalue weighted by atomic mass is 16.5. The van der Waals surface area contributed by atoms with Crippen molar-refractivity contribution in [3.8, 4) is 11.1 Å². The number of rotatable bonds is 10. The molecular weight excluding hydrogens is 432 g/mol. The maximum absolute atomic E-state index is 13.5. The molecule has 1 unspecified atom stereocenters. The van der Waals surface area contributed by atoms with E-state index in [0.29, 0.717) is 19.4 Å². The molecule has 1 atom stereocenters. The summed E-state index contributed by atoms with van der Waals surface area (Å²) in [4.78, 5) is 39.1. The van der Waals surface area contributed by atoms with Crippen LogP contribution in [0.3, 0.4) is 0 Å². The number of aliphatic carboxylic acids is 1. The Kier molecular flexibility index (Phi) is 7.97. The van der Waals surface area contributed by atoms with Gasteiger partial charge >= 0.3 is 12.1 Å². The van der Waals surface area contributed by atoms with Gasteiger partial charge in [-0.25, -0.2) is 4.79 Å². The number of benzene rings is 2. The van der Waals surface area contributed by atoms with Gasteiger partial charge in [0, 0.05) is 18.5 Å². The molecule has 3 rings (SSSR count). The van der Waals surface area contributed by atoms with Crippen LogP contribution in [0.4, 0.5) is 4.79 Å². The first kappa shape index (κ1) is 25.3. The van der Waals surface area contributed by atoms with Gasteiger partial charge < -0.3 is 20.1 Å². The number of alkyl carbamates (subject to hydrolysis) is 1. The summed E-state index contributed by atoms with van der Waals surface area (Å²) in [5, 5.41) is 12.0. The SMILES string of the molecule is CCN(C(=O)C(CC)(CC)NC(=O)OCC1c2ccccc2-c2ccccc21)C(C)CC(=O)O. The van der Waals surface area contributed by atoms with Gasteiger partial charge in [0.05, 0.1) is 6.42 Å². The zero-order chi connectivity index (χ0) is 24.9. The lowest BCUT2D eigenvalue weighted by atomic mass is 9.90. The van der Waals surface area contributed by atoms with Crippen LogP contribution in [0.5, 0.6) is 0 Å². The maximum atomic E-state index is 13.5. The number of hydrogen-bond donors (Lipinski definition) is 2. The molecule has 182 valence electrons. The monoisotopic (exact) mass is 466 g/mol. The van der Waals surface area contributed by atoms with Crippen molar-refractivity contribution in [1.82, 2.24) is 10.2 Å². The van der Waals surface area contributed by atoms with Crippen LogP contribution >= 0.6 is 0 Å². The summed E-state index contributed by atoms with van der Waals surface area (Å²) in [6, 6.07) is 15.7. The number of nitrogens with zero attached hydrogens (tertiary/aromatic N) is 1. The summed E-state index contributed by atoms with van der Waals surface area (Å²) < 4.78 is 5.67. The van der Waals surface area contributed by atoms with Gasteiger partial charge in [-0.1, -0.05) is 62.4 Å². The number of carbonyl (C=O) groups is 3. The van der Waals surface area contributed by atoms with Gasteiger partial charge in [-0.3, -0.25) is 9.59 Å². The van der Waals surface area contributed by atoms with E-state index in [9.17, 15) is 14.4 Å². The highest BCUT2D eigenvalue weighted by Gasteiger charge is 2.41. The number of carbonyl (C=O) groups excluding carboxylic acids is 2. The molecule has 0 fully saturated rings. The fourth-order valence-electron chi connectivity index (χ4n) is 4.91. The van der Waals surface area contributed by atoms with Gasteiger partial charge in [-0.15, -0.1) is 0 Å². The molecule has 0 aromatic heterocycles. The first-order chi connectivity index (χ1) is 16.3. The predicted octanol–water partition coefficient (Wildman–Crippen LogP) is 4.80. The van der Waals surface area contributed by atoms with E-state index in [1.165, 1.54) is 4.90 Å². The van der Waals surface area contributed by atoms with Crippen molar-refractivity contribution in [2.45, 2.75) is 64.5 Å². The molecule has 2 aromatic rings. The molecule has 0 heterocycles. The molecule has 2 N–H and O–H groups in total. The van der Waals surface area contributed by atoms with E-state index in [0.717, 1.165) is 22.3 Å². The van der Waals surface area contributed by atoms with Crippen molar-refractivity contribution in [2.24, 2.45) is 0 Å². The summed E-state index contributed by atoms with van der Waals surface area (Å²) in [7, 11) is 0. The van der Waals surface area contributed by atoms with Crippen LogP contribution in [0, 0.1) is 0 Å². The standard InChI is InChI=1S/C27H34N2O5/c1-5-27(6-2,25(32)29(7-3)18(4)16-24(30)31)28-26(33)34-17-23-21-14-10-8-12-19(21)20-13-9-11-15-22(20)23/h8-15,18,23H,5-7,16-17H2,1-4H3,(H,28,33)(H,30,31). The number of carboxylic acids is 1. The van der Waals surface area contributed by atoms with Crippen molar-refractivity contribution >= 4 is 18.0 Å². The van der Waals surface area contributed by atoms with Crippen LogP contribution in [-0.4, -0.2) is 52.7 Å². The van der Waals surface area contributed by atoms with Crippen molar-refractivity contribution in [1.29, 1.82) is 0 Å². The Balaban J connectivity index is 1.74. The molecule has 2 amide bonds. The maximum Gasteiger partial charge on any atom is 0.408 e. The first-order valence-corrected chi connectivity index (χ1v) is 11.9. The molecule has 34 heavy (non-hydrogen) atoms. The number of amides is 2. The third-order valence-electron chi connectivity index (χ3n) is 6.91. The van der Waals surface area contributed by atoms with Crippen LogP contribution in [0.25, 0.3) is 11.1 Å². The normalized spacial score (nSPS) is 13.5. The molecule has 2 aromatic carbocycles. The van der Waals surface area contributed by atoms with E-state index in [1.807, 2.05) is 38.1 Å². The molecule has 7 nitrogen and oxygen atoms in total. The minimum Gasteiger partial charge on any atom is -0.481 e. The number of nitrogens with one attached hydrogen (secondary N) is 1. The minimum atomic E-state index is -1.16. The molecule has 1 aliphatic carbocycles. The predicted molar refractivity (Wildman–Crippen MR) is 131 cm³/mol. The summed E-state index contributed by atoms with van der Waals surface area (Å²) in [6.45, 7) is 7.69. The van der Waals surface area contributed by atoms with E-state index in [4.69, 9.17) is 9.84 Å². The van der Waals surface area contributed by atoms with Crippen LogP contribution in [-0.2, 0) is 14.3 Å². The van der Waals surface area contributed by atoms with E-state index in [2.05, 4.69) is 29.6 Å². The zero-order valence-corrected chi connectivity index (χ0v) is 20.3. The van der Waals surface area contributed by atoms with Crippen LogP contribution < -0.4 is 5.32 Å². The summed E-state index contributed by atoms with van der Waals surface area (Å²) >= 11 is 0. The highest BCUT2D eigenvalue weighted by molar-refractivity contribution is 5.90. The third-order valence-corrected chi connectivity index (χ3v) is 6.91. The fraction of sp³-hybridized carbons (Fsp3) is 0.444. The molecule has 1 aliphatic rings. The van der Waals surface area contributed by atoms with Gasteiger partial charge in [0.1, 0.15) is 12.1 Å². The third kappa shape index (κ3) is 4.93. The number of fused-ring (bicyclic) bond motifs is 3. The van der Waals surface area contributed by atoms with Crippen LogP contribution in [0.1, 0.15) is 64.0 Å². The van der Waals surface area contributed by atoms with Crippen molar-refractivity contribution in [3.05, 3.63) is 59.7 Å². The molecule has 0 saturated carbocycles. The van der Waals surface area contributed by atoms with E-state index < -0.39 is 23.6 Å². The van der Waals surface area contributed by atoms with Gasteiger partial charge in [0.2, 0.25) is 5.91 Å². The second-order valence-corrected chi connectivity index (χ2v) is 8.78. The first-order valence-electron chi connectivity index (χ1n) is 11.9. The smallest absolute Gasteiger partial charge is 0.408 e. The van der Waals surface area contributed by atoms with Crippen molar-refractivity contribution < 1.29 is 24.2 Å². The molecule has 0 radical (unpaired) electrons. The van der Waals surface area contributed by atoms with Gasteiger partial charge in [-0.05, 0) is 48.9 Å². The average Bonchev–Trinajstić information content (AvgIpc) is 3.15. The number of hydrogen-bond acceptors (Lipinski definition) is 4. The molecule has 0 spiro atoms. The van der Waals surface area contributed by atoms with E-state index in [1.54, 1.807) is 13.8 Å². The summed E-state index contributed by atoms with van der Waals surface area (Å²) in [6.07, 6.45) is -0.0829. The largest absolute Gasteiger partial charge is 0.481 e. The lowest BCUT2D eigenvalue weighted by Gasteiger charge is -2.38. The lowest BCUT2D eigenvalue weighted by molar-refractivity contribution is -0.144. The van der Waals surface area contributed by atoms with E-state index >= 15 is 0 Å². The Labute approximate surface area is 201 Å². The van der Waals surface area contributed by atoms with E-state index in [-0.39, 0.29) is 24.9 Å². The Morgan fingerprint density at radius 2 is 1.53 bits per heavy atom. The minimum absolute atomic E-state index is 0.0748. The lowest BCUT2D eigenvalue weighted by Crippen LogP contribution is -2.60. The van der Waals surface area contributed by atoms with Gasteiger partial charge in [-0.2, -0.15) is 0 Å². The Morgan fingerprint density at radius 3 is 2.00 bits per heavy atom. The number of carboxylic acid groups (broad SMARTS) is 1. The average molecular weight is 467 g/mol. The quantitative estimate of drug-likeness (QED) is 0.525. The summed E-state index contributed by atoms with van der Waals surface area (Å²) in [5.41, 5.74) is 3.36. The highest BCUT2D eigenvalue weighted by Crippen LogP contribution is 2.44. The molecule has 0 saturated heterocycles.